The molecule has 1 saturated heterocycles. The van der Waals surface area contributed by atoms with E-state index in [2.05, 4.69) is 31.3 Å². The molecule has 2 unspecified atom stereocenters. The molecule has 1 heterocycles. The summed E-state index contributed by atoms with van der Waals surface area (Å²) in [6, 6.07) is 11.9. The molecular formula is C27H34F3N3O2. The summed E-state index contributed by atoms with van der Waals surface area (Å²) in [4.78, 5) is 15.0. The van der Waals surface area contributed by atoms with Crippen molar-refractivity contribution in [2.24, 2.45) is 0 Å². The number of hydrogen-bond donors (Lipinski definition) is 2. The van der Waals surface area contributed by atoms with Crippen LogP contribution < -0.4 is 5.32 Å². The molecule has 8 heteroatoms. The van der Waals surface area contributed by atoms with Crippen molar-refractivity contribution in [2.75, 3.05) is 25.5 Å². The topological polar surface area (TPSA) is 55.8 Å². The third kappa shape index (κ3) is 5.13. The first kappa shape index (κ1) is 25.4. The number of nitrogens with one attached hydrogen (secondary N) is 1. The highest BCUT2D eigenvalue weighted by molar-refractivity contribution is 5.75. The Balaban J connectivity index is 1.49. The molecule has 0 bridgehead atoms. The Morgan fingerprint density at radius 3 is 2.26 bits per heavy atom. The van der Waals surface area contributed by atoms with Crippen molar-refractivity contribution in [3.8, 4) is 0 Å². The Hall–Kier alpha value is -2.74. The van der Waals surface area contributed by atoms with Gasteiger partial charge in [0.25, 0.3) is 0 Å². The monoisotopic (exact) mass is 489 g/mol. The Kier molecular flexibility index (Phi) is 6.55. The normalized spacial score (nSPS) is 21.8. The Morgan fingerprint density at radius 2 is 1.69 bits per heavy atom. The molecule has 0 spiro atoms. The van der Waals surface area contributed by atoms with Crippen LogP contribution in [0.3, 0.4) is 0 Å². The predicted octanol–water partition coefficient (Wildman–Crippen LogP) is 5.50. The molecule has 2 atom stereocenters. The van der Waals surface area contributed by atoms with Gasteiger partial charge in [-0.15, -0.1) is 0 Å². The van der Waals surface area contributed by atoms with Gasteiger partial charge in [0.15, 0.2) is 6.04 Å². The van der Waals surface area contributed by atoms with Crippen LogP contribution in [0.5, 0.6) is 0 Å². The Bertz CT molecular complexity index is 1060. The number of piperidine rings is 1. The van der Waals surface area contributed by atoms with E-state index < -0.39 is 23.9 Å². The summed E-state index contributed by atoms with van der Waals surface area (Å²) in [5, 5.41) is 13.6. The molecular weight excluding hydrogens is 455 g/mol. The molecule has 2 aromatic rings. The van der Waals surface area contributed by atoms with E-state index >= 15 is 0 Å². The van der Waals surface area contributed by atoms with Gasteiger partial charge in [0.05, 0.1) is 5.60 Å². The minimum atomic E-state index is -4.63. The summed E-state index contributed by atoms with van der Waals surface area (Å²) in [7, 11) is 1.19. The van der Waals surface area contributed by atoms with Gasteiger partial charge in [0.1, 0.15) is 0 Å². The summed E-state index contributed by atoms with van der Waals surface area (Å²) < 4.78 is 42.4. The first-order valence-electron chi connectivity index (χ1n) is 12.1. The summed E-state index contributed by atoms with van der Waals surface area (Å²) in [6.45, 7) is 6.47. The van der Waals surface area contributed by atoms with Gasteiger partial charge in [-0.1, -0.05) is 50.2 Å². The third-order valence-electron chi connectivity index (χ3n) is 7.68. The van der Waals surface area contributed by atoms with Crippen LogP contribution in [-0.2, 0) is 11.8 Å². The van der Waals surface area contributed by atoms with Crippen LogP contribution in [-0.4, -0.2) is 58.9 Å². The number of benzene rings is 2. The summed E-state index contributed by atoms with van der Waals surface area (Å²) in [5.74, 6) is 0. The maximum atomic E-state index is 14.1. The number of halogens is 3. The van der Waals surface area contributed by atoms with Crippen molar-refractivity contribution >= 4 is 11.7 Å². The maximum absolute atomic E-state index is 14.1. The highest BCUT2D eigenvalue weighted by atomic mass is 19.4. The summed E-state index contributed by atoms with van der Waals surface area (Å²) in [5.41, 5.74) is 2.31. The van der Waals surface area contributed by atoms with Crippen LogP contribution in [0, 0.1) is 0 Å². The van der Waals surface area contributed by atoms with Gasteiger partial charge in [-0.05, 0) is 55.0 Å². The molecule has 190 valence electrons. The number of carbonyl (C=O) groups excluding carboxylic acids is 1. The fraction of sp³-hybridized carbons (Fsp3) is 0.519. The lowest BCUT2D eigenvalue weighted by molar-refractivity contribution is -0.177. The van der Waals surface area contributed by atoms with E-state index in [-0.39, 0.29) is 30.1 Å². The molecule has 1 aliphatic carbocycles. The van der Waals surface area contributed by atoms with Gasteiger partial charge in [-0.3, -0.25) is 0 Å². The van der Waals surface area contributed by atoms with Gasteiger partial charge < -0.3 is 20.2 Å². The smallest absolute Gasteiger partial charge is 0.390 e. The molecule has 1 fully saturated rings. The third-order valence-corrected chi connectivity index (χ3v) is 7.68. The number of fused-ring (bicyclic) bond motifs is 1. The molecule has 2 amide bonds. The lowest BCUT2D eigenvalue weighted by Gasteiger charge is -2.39. The number of hydrogen-bond acceptors (Lipinski definition) is 3. The van der Waals surface area contributed by atoms with Crippen molar-refractivity contribution < 1.29 is 23.1 Å². The molecule has 1 aliphatic heterocycles. The SMILES string of the molecule is CN(C(=O)N1CCC(C)(O)CC1)C(c1ccc(NC2Cc3ccccc3C2(C)C)cc1)C(F)(F)F. The van der Waals surface area contributed by atoms with E-state index in [0.717, 1.165) is 17.0 Å². The first-order valence-corrected chi connectivity index (χ1v) is 12.1. The number of alkyl halides is 3. The van der Waals surface area contributed by atoms with Gasteiger partial charge >= 0.3 is 12.2 Å². The predicted molar refractivity (Wildman–Crippen MR) is 130 cm³/mol. The van der Waals surface area contributed by atoms with E-state index in [4.69, 9.17) is 0 Å². The number of likely N-dealkylation sites (tertiary alicyclic amines) is 1. The Labute approximate surface area is 204 Å². The van der Waals surface area contributed by atoms with Gasteiger partial charge in [-0.25, -0.2) is 4.79 Å². The van der Waals surface area contributed by atoms with Crippen LogP contribution >= 0.6 is 0 Å². The van der Waals surface area contributed by atoms with Crippen molar-refractivity contribution in [1.29, 1.82) is 0 Å². The number of nitrogens with zero attached hydrogens (tertiary/aromatic N) is 2. The average Bonchev–Trinajstić information content (AvgIpc) is 3.03. The van der Waals surface area contributed by atoms with Crippen molar-refractivity contribution in [2.45, 2.75) is 69.3 Å². The number of aliphatic hydroxyl groups is 1. The second-order valence-corrected chi connectivity index (χ2v) is 10.7. The zero-order chi connectivity index (χ0) is 25.6. The number of carbonyl (C=O) groups is 1. The van der Waals surface area contributed by atoms with E-state index in [1.54, 1.807) is 19.1 Å². The van der Waals surface area contributed by atoms with E-state index in [1.165, 1.54) is 35.2 Å². The molecule has 2 N–H and O–H groups in total. The zero-order valence-corrected chi connectivity index (χ0v) is 20.7. The minimum Gasteiger partial charge on any atom is -0.390 e. The highest BCUT2D eigenvalue weighted by Gasteiger charge is 2.46. The van der Waals surface area contributed by atoms with Crippen LogP contribution in [0.15, 0.2) is 48.5 Å². The number of urea groups is 1. The molecule has 5 nitrogen and oxygen atoms in total. The zero-order valence-electron chi connectivity index (χ0n) is 20.7. The second-order valence-electron chi connectivity index (χ2n) is 10.7. The highest BCUT2D eigenvalue weighted by Crippen LogP contribution is 2.41. The molecule has 0 saturated carbocycles. The van der Waals surface area contributed by atoms with Crippen LogP contribution in [0.2, 0.25) is 0 Å². The summed E-state index contributed by atoms with van der Waals surface area (Å²) in [6.07, 6.45) is -3.11. The molecule has 0 aromatic heterocycles. The second kappa shape index (κ2) is 9.04. The van der Waals surface area contributed by atoms with Crippen LogP contribution in [0.25, 0.3) is 0 Å². The van der Waals surface area contributed by atoms with E-state index in [1.807, 2.05) is 12.1 Å². The number of rotatable bonds is 4. The van der Waals surface area contributed by atoms with Crippen molar-refractivity contribution in [1.82, 2.24) is 9.80 Å². The average molecular weight is 490 g/mol. The minimum absolute atomic E-state index is 0.0110. The van der Waals surface area contributed by atoms with Gasteiger partial charge in [-0.2, -0.15) is 13.2 Å². The van der Waals surface area contributed by atoms with Crippen molar-refractivity contribution in [3.05, 3.63) is 65.2 Å². The Morgan fingerprint density at radius 1 is 1.09 bits per heavy atom. The van der Waals surface area contributed by atoms with Gasteiger partial charge in [0, 0.05) is 37.3 Å². The quantitative estimate of drug-likeness (QED) is 0.596. The number of anilines is 1. The van der Waals surface area contributed by atoms with Crippen LogP contribution in [0.1, 0.15) is 56.3 Å². The molecule has 0 radical (unpaired) electrons. The maximum Gasteiger partial charge on any atom is 0.413 e. The molecule has 2 aromatic carbocycles. The lowest BCUT2D eigenvalue weighted by Crippen LogP contribution is -2.51. The molecule has 2 aliphatic rings. The van der Waals surface area contributed by atoms with Crippen LogP contribution in [0.4, 0.5) is 23.7 Å². The van der Waals surface area contributed by atoms with Crippen molar-refractivity contribution in [3.63, 3.8) is 0 Å². The van der Waals surface area contributed by atoms with E-state index in [9.17, 15) is 23.1 Å². The summed E-state index contributed by atoms with van der Waals surface area (Å²) >= 11 is 0. The largest absolute Gasteiger partial charge is 0.413 e. The molecule has 35 heavy (non-hydrogen) atoms. The lowest BCUT2D eigenvalue weighted by atomic mass is 9.83. The first-order chi connectivity index (χ1) is 16.3. The van der Waals surface area contributed by atoms with Gasteiger partial charge in [0.2, 0.25) is 0 Å². The standard InChI is InChI=1S/C27H34F3N3O2/c1-25(2)21-8-6-5-7-19(21)17-22(25)31-20-11-9-18(10-12-20)23(27(28,29)30)32(4)24(34)33-15-13-26(3,35)14-16-33/h5-12,22-23,31,35H,13-17H2,1-4H3. The molecule has 4 rings (SSSR count). The fourth-order valence-electron chi connectivity index (χ4n) is 5.33. The van der Waals surface area contributed by atoms with E-state index in [0.29, 0.717) is 12.8 Å². The number of amides is 2. The fourth-order valence-corrected chi connectivity index (χ4v) is 5.33.